The van der Waals surface area contributed by atoms with Crippen LogP contribution in [0.3, 0.4) is 0 Å². The van der Waals surface area contributed by atoms with Crippen molar-refractivity contribution in [3.63, 3.8) is 0 Å². The van der Waals surface area contributed by atoms with E-state index in [1.54, 1.807) is 0 Å². The van der Waals surface area contributed by atoms with Gasteiger partial charge in [0.2, 0.25) is 0 Å². The number of rotatable bonds is 0. The van der Waals surface area contributed by atoms with Crippen molar-refractivity contribution in [1.29, 1.82) is 0 Å². The van der Waals surface area contributed by atoms with E-state index in [0.717, 1.165) is 0 Å². The van der Waals surface area contributed by atoms with Gasteiger partial charge in [0.05, 0.1) is 0 Å². The van der Waals surface area contributed by atoms with E-state index in [0.29, 0.717) is 0 Å². The van der Waals surface area contributed by atoms with Crippen LogP contribution in [0.15, 0.2) is 0 Å². The molecule has 0 rings (SSSR count). The van der Waals surface area contributed by atoms with Crippen LogP contribution in [0.5, 0.6) is 0 Å². The molecule has 0 aliphatic carbocycles. The van der Waals surface area contributed by atoms with Crippen LogP contribution >= 0.6 is 0 Å². The summed E-state index contributed by atoms with van der Waals surface area (Å²) in [7, 11) is 0. The molecule has 0 unspecified atom stereocenters. The Morgan fingerprint density at radius 3 is 0.727 bits per heavy atom. The first-order valence-electron chi connectivity index (χ1n) is 1.40. The molecule has 0 saturated carbocycles. The SMILES string of the molecule is [Ba+2].[H-].[H-].[O]=[W](=[O])([OH])[OH].[O]=[W](=[O])([OH])[OH]. The van der Waals surface area contributed by atoms with E-state index in [4.69, 9.17) is 28.6 Å². The zero-order valence-electron chi connectivity index (χ0n) is 6.95. The summed E-state index contributed by atoms with van der Waals surface area (Å²) in [5, 5.41) is 0. The van der Waals surface area contributed by atoms with E-state index in [9.17, 15) is 0 Å². The molecular weight excluding hydrogens is 633 g/mol. The van der Waals surface area contributed by atoms with Crippen molar-refractivity contribution in [2.24, 2.45) is 0 Å². The molecule has 4 N–H and O–H groups in total. The topological polar surface area (TPSA) is 149 Å². The predicted molar refractivity (Wildman–Crippen MR) is 19.6 cm³/mol. The van der Waals surface area contributed by atoms with Gasteiger partial charge in [-0.05, 0) is 0 Å². The van der Waals surface area contributed by atoms with Crippen molar-refractivity contribution in [2.45, 2.75) is 0 Å². The van der Waals surface area contributed by atoms with Crippen LogP contribution in [0.4, 0.5) is 0 Å². The van der Waals surface area contributed by atoms with Gasteiger partial charge in [-0.3, -0.25) is 0 Å². The molecule has 0 bridgehead atoms. The third-order valence-corrected chi connectivity index (χ3v) is 0. The third kappa shape index (κ3) is 303. The second-order valence-electron chi connectivity index (χ2n) is 0.896. The van der Waals surface area contributed by atoms with Crippen LogP contribution in [0.2, 0.25) is 0 Å². The first-order valence-corrected chi connectivity index (χ1v) is 11.4. The molecule has 0 spiro atoms. The molecule has 0 saturated heterocycles. The zero-order chi connectivity index (χ0) is 9.00. The Labute approximate surface area is 112 Å². The molecule has 0 heterocycles. The van der Waals surface area contributed by atoms with E-state index < -0.39 is 33.5 Å². The van der Waals surface area contributed by atoms with Crippen molar-refractivity contribution < 1.29 is 65.0 Å². The molecule has 0 aromatic heterocycles. The van der Waals surface area contributed by atoms with Gasteiger partial charge in [-0.2, -0.15) is 0 Å². The van der Waals surface area contributed by atoms with E-state index in [1.165, 1.54) is 0 Å². The average Bonchev–Trinajstić information content (AvgIpc) is 1.12. The molecule has 0 atom stereocenters. The Morgan fingerprint density at radius 2 is 0.727 bits per heavy atom. The molecule has 0 radical (unpaired) electrons. The van der Waals surface area contributed by atoms with Crippen molar-refractivity contribution in [3.8, 4) is 0 Å². The molecule has 8 nitrogen and oxygen atoms in total. The molecule has 0 fully saturated rings. The van der Waals surface area contributed by atoms with Crippen LogP contribution in [0, 0.1) is 0 Å². The van der Waals surface area contributed by atoms with Gasteiger partial charge in [-0.1, -0.05) is 0 Å². The van der Waals surface area contributed by atoms with E-state index in [-0.39, 0.29) is 51.7 Å². The van der Waals surface area contributed by atoms with E-state index in [1.807, 2.05) is 0 Å². The minimum absolute atomic E-state index is 0. The van der Waals surface area contributed by atoms with Gasteiger partial charge < -0.3 is 2.85 Å². The van der Waals surface area contributed by atoms with Crippen molar-refractivity contribution in [1.82, 2.24) is 0 Å². The normalized spacial score (nSPS) is 10.5. The number of hydrogen-bond acceptors (Lipinski definition) is 4. The van der Waals surface area contributed by atoms with E-state index in [2.05, 4.69) is 0 Å². The van der Waals surface area contributed by atoms with Gasteiger partial charge in [0.25, 0.3) is 0 Å². The fourth-order valence-corrected chi connectivity index (χ4v) is 0. The Morgan fingerprint density at radius 1 is 0.727 bits per heavy atom. The summed E-state index contributed by atoms with van der Waals surface area (Å²) in [5.41, 5.74) is 0. The van der Waals surface area contributed by atoms with E-state index >= 15 is 0 Å². The van der Waals surface area contributed by atoms with Gasteiger partial charge in [0.15, 0.2) is 0 Å². The summed E-state index contributed by atoms with van der Waals surface area (Å²) in [4.78, 5) is 0. The molecule has 11 heteroatoms. The maximum atomic E-state index is 8.87. The van der Waals surface area contributed by atoms with Crippen LogP contribution in [-0.2, 0) is 47.1 Å². The fourth-order valence-electron chi connectivity index (χ4n) is 0. The molecule has 68 valence electrons. The third-order valence-electron chi connectivity index (χ3n) is 0. The molecule has 0 aromatic carbocycles. The molecule has 0 aliphatic rings. The summed E-state index contributed by atoms with van der Waals surface area (Å²) in [5.74, 6) is 0. The van der Waals surface area contributed by atoms with Crippen LogP contribution < -0.4 is 0 Å². The standard InChI is InChI=1S/Ba.4H2O.4O.2W.2H/h;4*1H2;;;;;;;;/q+2;;;;;;;;;2*+2;2*-1/p-4. The van der Waals surface area contributed by atoms with Crippen molar-refractivity contribution in [3.05, 3.63) is 0 Å². The summed E-state index contributed by atoms with van der Waals surface area (Å²) >= 11 is -11.3. The molecule has 0 amide bonds. The maximum absolute atomic E-state index is 8.87. The fraction of sp³-hybridized carbons (Fsp3) is 0. The Bertz CT molecular complexity index is 217. The average molecular weight is 639 g/mol. The summed E-state index contributed by atoms with van der Waals surface area (Å²) in [6.07, 6.45) is 0. The summed E-state index contributed by atoms with van der Waals surface area (Å²) < 4.78 is 64.2. The van der Waals surface area contributed by atoms with Gasteiger partial charge in [0, 0.05) is 0 Å². The molecular formula is H6BaO8W2. The van der Waals surface area contributed by atoms with Crippen LogP contribution in [0.25, 0.3) is 0 Å². The zero-order valence-corrected chi connectivity index (χ0v) is 15.3. The molecule has 0 aliphatic heterocycles. The quantitative estimate of drug-likeness (QED) is 0.207. The van der Waals surface area contributed by atoms with Crippen molar-refractivity contribution >= 4 is 48.9 Å². The Hall–Kier alpha value is 1.99. The molecule has 11 heavy (non-hydrogen) atoms. The minimum atomic E-state index is -5.67. The predicted octanol–water partition coefficient (Wildman–Crippen LogP) is -2.86. The second-order valence-corrected chi connectivity index (χ2v) is 7.33. The first kappa shape index (κ1) is 18.7. The van der Waals surface area contributed by atoms with Crippen molar-refractivity contribution in [2.75, 3.05) is 0 Å². The summed E-state index contributed by atoms with van der Waals surface area (Å²) in [6.45, 7) is 0. The molecule has 0 aromatic rings. The van der Waals surface area contributed by atoms with Gasteiger partial charge in [-0.15, -0.1) is 0 Å². The Balaban J connectivity index is -0.0000000267. The van der Waals surface area contributed by atoms with Gasteiger partial charge >= 0.3 is 111 Å². The van der Waals surface area contributed by atoms with Gasteiger partial charge in [0.1, 0.15) is 0 Å². The van der Waals surface area contributed by atoms with Crippen LogP contribution in [-0.4, -0.2) is 63.9 Å². The first-order chi connectivity index (χ1) is 4.00. The van der Waals surface area contributed by atoms with Crippen LogP contribution in [0.1, 0.15) is 2.85 Å². The monoisotopic (exact) mass is 640 g/mol. The Kier molecular flexibility index (Phi) is 12.6. The number of hydrogen-bond donors (Lipinski definition) is 4. The van der Waals surface area contributed by atoms with Gasteiger partial charge in [-0.25, -0.2) is 0 Å². The second kappa shape index (κ2) is 7.40. The summed E-state index contributed by atoms with van der Waals surface area (Å²) in [6, 6.07) is 0.